The van der Waals surface area contributed by atoms with Crippen LogP contribution in [0.2, 0.25) is 0 Å². The normalized spacial score (nSPS) is 23.2. The van der Waals surface area contributed by atoms with Gasteiger partial charge in [-0.1, -0.05) is 74.5 Å². The summed E-state index contributed by atoms with van der Waals surface area (Å²) in [5, 5.41) is 2.63. The van der Waals surface area contributed by atoms with Gasteiger partial charge in [0.05, 0.1) is 22.2 Å². The van der Waals surface area contributed by atoms with Crippen LogP contribution < -0.4 is 5.46 Å². The van der Waals surface area contributed by atoms with E-state index in [4.69, 9.17) is 9.31 Å². The zero-order chi connectivity index (χ0) is 25.7. The standard InChI is InChI=1S/C33H34BNO2/c1-31(2)27-19-21(34-36-32(3,4)33(5,6)37-34)15-17-23(27)24-18-16-22(20-28(24)31)35-29-13-9-7-11-25(29)26-12-8-10-14-30(26)35/h7-19,28H,20H2,1-6H3. The molecule has 1 aliphatic heterocycles. The van der Waals surface area contributed by atoms with Gasteiger partial charge in [0, 0.05) is 16.5 Å². The SMILES string of the molecule is CC1(C)c2cc(B3OC(C)(C)C(C)(C)O3)ccc2C2=CC=C(n3c4ccccc4c4ccccc43)CC21. The van der Waals surface area contributed by atoms with Gasteiger partial charge in [0.25, 0.3) is 0 Å². The van der Waals surface area contributed by atoms with Crippen LogP contribution in [0.25, 0.3) is 33.1 Å². The van der Waals surface area contributed by atoms with Crippen LogP contribution in [0.3, 0.4) is 0 Å². The Morgan fingerprint density at radius 2 is 1.35 bits per heavy atom. The van der Waals surface area contributed by atoms with Crippen LogP contribution in [-0.4, -0.2) is 22.9 Å². The van der Waals surface area contributed by atoms with E-state index in [2.05, 4.69) is 125 Å². The molecule has 0 saturated carbocycles. The highest BCUT2D eigenvalue weighted by atomic mass is 16.7. The van der Waals surface area contributed by atoms with Crippen LogP contribution in [0.1, 0.15) is 59.1 Å². The number of allylic oxidation sites excluding steroid dienone is 4. The summed E-state index contributed by atoms with van der Waals surface area (Å²) < 4.78 is 15.3. The molecule has 1 unspecified atom stereocenters. The van der Waals surface area contributed by atoms with Crippen LogP contribution in [0.15, 0.2) is 78.9 Å². The van der Waals surface area contributed by atoms with Gasteiger partial charge >= 0.3 is 7.12 Å². The van der Waals surface area contributed by atoms with E-state index in [9.17, 15) is 0 Å². The zero-order valence-electron chi connectivity index (χ0n) is 22.6. The third-order valence-electron chi connectivity index (χ3n) is 9.56. The monoisotopic (exact) mass is 487 g/mol. The van der Waals surface area contributed by atoms with Gasteiger partial charge in [-0.2, -0.15) is 0 Å². The Balaban J connectivity index is 1.31. The predicted molar refractivity (Wildman–Crippen MR) is 155 cm³/mol. The average Bonchev–Trinajstić information content (AvgIpc) is 3.41. The summed E-state index contributed by atoms with van der Waals surface area (Å²) in [5.74, 6) is 0.413. The smallest absolute Gasteiger partial charge is 0.399 e. The average molecular weight is 487 g/mol. The number of benzene rings is 3. The summed E-state index contributed by atoms with van der Waals surface area (Å²) in [6.45, 7) is 13.3. The van der Waals surface area contributed by atoms with Gasteiger partial charge in [-0.25, -0.2) is 0 Å². The van der Waals surface area contributed by atoms with Gasteiger partial charge in [0.15, 0.2) is 0 Å². The third kappa shape index (κ3) is 3.15. The predicted octanol–water partition coefficient (Wildman–Crippen LogP) is 7.33. The van der Waals surface area contributed by atoms with Crippen molar-refractivity contribution in [3.63, 3.8) is 0 Å². The number of hydrogen-bond acceptors (Lipinski definition) is 2. The van der Waals surface area contributed by atoms with Gasteiger partial charge in [-0.3, -0.25) is 0 Å². The molecule has 2 aliphatic carbocycles. The summed E-state index contributed by atoms with van der Waals surface area (Å²) in [4.78, 5) is 0. The number of rotatable bonds is 2. The highest BCUT2D eigenvalue weighted by molar-refractivity contribution is 6.62. The molecule has 186 valence electrons. The zero-order valence-corrected chi connectivity index (χ0v) is 22.6. The van der Waals surface area contributed by atoms with Crippen LogP contribution in [0, 0.1) is 5.92 Å². The highest BCUT2D eigenvalue weighted by Crippen LogP contribution is 2.54. The molecule has 3 aromatic carbocycles. The molecule has 7 rings (SSSR count). The number of para-hydroxylation sites is 2. The van der Waals surface area contributed by atoms with E-state index in [0.29, 0.717) is 5.92 Å². The Labute approximate surface area is 219 Å². The topological polar surface area (TPSA) is 23.4 Å². The van der Waals surface area contributed by atoms with Gasteiger partial charge in [-0.15, -0.1) is 0 Å². The molecule has 37 heavy (non-hydrogen) atoms. The Bertz CT molecular complexity index is 1580. The van der Waals surface area contributed by atoms with Crippen LogP contribution in [0.4, 0.5) is 0 Å². The number of hydrogen-bond donors (Lipinski definition) is 0. The van der Waals surface area contributed by atoms with E-state index in [0.717, 1.165) is 11.9 Å². The van der Waals surface area contributed by atoms with E-state index in [-0.39, 0.29) is 23.7 Å². The Morgan fingerprint density at radius 1 is 0.757 bits per heavy atom. The first-order valence-electron chi connectivity index (χ1n) is 13.5. The van der Waals surface area contributed by atoms with Gasteiger partial charge < -0.3 is 13.9 Å². The lowest BCUT2D eigenvalue weighted by molar-refractivity contribution is 0.00578. The molecule has 0 spiro atoms. The van der Waals surface area contributed by atoms with Crippen molar-refractivity contribution in [2.45, 2.75) is 64.6 Å². The molecule has 0 bridgehead atoms. The van der Waals surface area contributed by atoms with E-state index in [1.807, 2.05) is 0 Å². The molecular formula is C33H34BNO2. The molecule has 1 atom stereocenters. The van der Waals surface area contributed by atoms with Crippen molar-refractivity contribution in [2.24, 2.45) is 5.92 Å². The van der Waals surface area contributed by atoms with Crippen LogP contribution >= 0.6 is 0 Å². The second kappa shape index (κ2) is 7.49. The molecule has 1 fully saturated rings. The summed E-state index contributed by atoms with van der Waals surface area (Å²) in [6, 6.07) is 24.4. The molecule has 4 heteroatoms. The van der Waals surface area contributed by atoms with Gasteiger partial charge in [0.2, 0.25) is 0 Å². The van der Waals surface area contributed by atoms with E-state index in [1.165, 1.54) is 44.2 Å². The second-order valence-electron chi connectivity index (χ2n) is 12.5. The fraction of sp³-hybridized carbons (Fsp3) is 0.333. The summed E-state index contributed by atoms with van der Waals surface area (Å²) in [7, 11) is -0.339. The lowest BCUT2D eigenvalue weighted by atomic mass is 9.72. The third-order valence-corrected chi connectivity index (χ3v) is 9.56. The van der Waals surface area contributed by atoms with Crippen molar-refractivity contribution in [1.29, 1.82) is 0 Å². The minimum Gasteiger partial charge on any atom is -0.399 e. The van der Waals surface area contributed by atoms with Crippen molar-refractivity contribution < 1.29 is 9.31 Å². The van der Waals surface area contributed by atoms with Crippen molar-refractivity contribution >= 4 is 45.7 Å². The largest absolute Gasteiger partial charge is 0.494 e. The summed E-state index contributed by atoms with van der Waals surface area (Å²) in [6.07, 6.45) is 5.72. The minimum atomic E-state index is -0.343. The van der Waals surface area contributed by atoms with Crippen molar-refractivity contribution in [1.82, 2.24) is 4.57 Å². The maximum Gasteiger partial charge on any atom is 0.494 e. The molecular weight excluding hydrogens is 453 g/mol. The maximum absolute atomic E-state index is 6.39. The van der Waals surface area contributed by atoms with Crippen molar-refractivity contribution in [3.8, 4) is 0 Å². The van der Waals surface area contributed by atoms with Crippen molar-refractivity contribution in [3.05, 3.63) is 90.0 Å². The van der Waals surface area contributed by atoms with E-state index in [1.54, 1.807) is 0 Å². The van der Waals surface area contributed by atoms with Crippen LogP contribution in [-0.2, 0) is 14.7 Å². The summed E-state index contributed by atoms with van der Waals surface area (Å²) >= 11 is 0. The van der Waals surface area contributed by atoms with Crippen molar-refractivity contribution in [2.75, 3.05) is 0 Å². The number of nitrogens with zero attached hydrogens (tertiary/aromatic N) is 1. The molecule has 4 aromatic rings. The highest BCUT2D eigenvalue weighted by Gasteiger charge is 2.52. The Morgan fingerprint density at radius 3 is 1.97 bits per heavy atom. The number of aromatic nitrogens is 1. The fourth-order valence-corrected chi connectivity index (χ4v) is 6.67. The number of fused-ring (bicyclic) bond motifs is 6. The van der Waals surface area contributed by atoms with Gasteiger partial charge in [0.1, 0.15) is 0 Å². The first-order valence-corrected chi connectivity index (χ1v) is 13.5. The minimum absolute atomic E-state index is 0.000906. The molecule has 1 aromatic heterocycles. The second-order valence-corrected chi connectivity index (χ2v) is 12.5. The molecule has 0 N–H and O–H groups in total. The first-order chi connectivity index (χ1) is 17.6. The molecule has 0 radical (unpaired) electrons. The fourth-order valence-electron chi connectivity index (χ4n) is 6.67. The lowest BCUT2D eigenvalue weighted by Crippen LogP contribution is -2.41. The first kappa shape index (κ1) is 23.1. The summed E-state index contributed by atoms with van der Waals surface area (Å²) in [5.41, 5.74) is 8.56. The Hall–Kier alpha value is -3.08. The van der Waals surface area contributed by atoms with Crippen LogP contribution in [0.5, 0.6) is 0 Å². The maximum atomic E-state index is 6.39. The molecule has 0 amide bonds. The van der Waals surface area contributed by atoms with E-state index >= 15 is 0 Å². The van der Waals surface area contributed by atoms with Gasteiger partial charge in [-0.05, 0) is 85.8 Å². The molecule has 2 heterocycles. The Kier molecular flexibility index (Phi) is 4.67. The molecule has 1 saturated heterocycles. The molecule has 3 aliphatic rings. The lowest BCUT2D eigenvalue weighted by Gasteiger charge is -2.32. The van der Waals surface area contributed by atoms with E-state index < -0.39 is 0 Å². The quantitative estimate of drug-likeness (QED) is 0.277. The molecule has 3 nitrogen and oxygen atoms in total.